The molecule has 2 aromatic heterocycles. The molecular formula is C13H16ClN5O2S. The second-order valence-corrected chi connectivity index (χ2v) is 5.74. The van der Waals surface area contributed by atoms with Crippen molar-refractivity contribution in [3.63, 3.8) is 0 Å². The summed E-state index contributed by atoms with van der Waals surface area (Å²) in [7, 11) is 0. The summed E-state index contributed by atoms with van der Waals surface area (Å²) in [6, 6.07) is 1.64. The fraction of sp³-hybridized carbons (Fsp3) is 0.308. The van der Waals surface area contributed by atoms with Crippen molar-refractivity contribution in [1.82, 2.24) is 15.3 Å². The van der Waals surface area contributed by atoms with Crippen molar-refractivity contribution in [3.8, 4) is 11.3 Å². The molecule has 0 aromatic carbocycles. The lowest BCUT2D eigenvalue weighted by molar-refractivity contribution is -0.119. The van der Waals surface area contributed by atoms with Gasteiger partial charge in [0.05, 0.1) is 11.6 Å². The third kappa shape index (κ3) is 3.46. The lowest BCUT2D eigenvalue weighted by atomic mass is 10.1. The molecule has 1 aliphatic heterocycles. The zero-order valence-corrected chi connectivity index (χ0v) is 13.2. The van der Waals surface area contributed by atoms with Crippen LogP contribution in [0.1, 0.15) is 16.9 Å². The summed E-state index contributed by atoms with van der Waals surface area (Å²) in [5.41, 5.74) is 6.99. The number of primary amides is 1. The maximum absolute atomic E-state index is 12.0. The Balaban J connectivity index is 0.00000176. The molecule has 1 saturated heterocycles. The number of aromatic nitrogens is 2. The van der Waals surface area contributed by atoms with Crippen molar-refractivity contribution in [2.24, 2.45) is 11.7 Å². The highest BCUT2D eigenvalue weighted by Gasteiger charge is 2.23. The van der Waals surface area contributed by atoms with E-state index in [2.05, 4.69) is 20.6 Å². The van der Waals surface area contributed by atoms with Crippen LogP contribution in [-0.4, -0.2) is 34.9 Å². The van der Waals surface area contributed by atoms with E-state index >= 15 is 0 Å². The van der Waals surface area contributed by atoms with E-state index in [0.29, 0.717) is 23.1 Å². The molecule has 1 aliphatic rings. The molecule has 0 radical (unpaired) electrons. The highest BCUT2D eigenvalue weighted by molar-refractivity contribution is 7.14. The lowest BCUT2D eigenvalue weighted by Gasteiger charge is -2.06. The van der Waals surface area contributed by atoms with Crippen molar-refractivity contribution >= 4 is 40.7 Å². The number of aromatic amines is 1. The number of rotatable bonds is 4. The molecule has 2 aromatic rings. The third-order valence-corrected chi connectivity index (χ3v) is 4.17. The highest BCUT2D eigenvalue weighted by atomic mass is 35.5. The molecule has 22 heavy (non-hydrogen) atoms. The molecule has 3 rings (SSSR count). The zero-order chi connectivity index (χ0) is 14.8. The number of anilines is 1. The molecule has 1 fully saturated rings. The summed E-state index contributed by atoms with van der Waals surface area (Å²) in [5, 5.41) is 8.38. The minimum Gasteiger partial charge on any atom is -0.364 e. The van der Waals surface area contributed by atoms with Crippen LogP contribution in [0, 0.1) is 5.92 Å². The molecule has 1 unspecified atom stereocenters. The summed E-state index contributed by atoms with van der Waals surface area (Å²) in [6.45, 7) is 1.59. The van der Waals surface area contributed by atoms with Crippen molar-refractivity contribution < 1.29 is 9.59 Å². The molecule has 1 atom stereocenters. The molecule has 0 bridgehead atoms. The predicted octanol–water partition coefficient (Wildman–Crippen LogP) is 1.21. The number of H-pyrrole nitrogens is 1. The van der Waals surface area contributed by atoms with Gasteiger partial charge in [0, 0.05) is 23.7 Å². The molecule has 9 heteroatoms. The summed E-state index contributed by atoms with van der Waals surface area (Å²) in [4.78, 5) is 30.2. The van der Waals surface area contributed by atoms with E-state index in [9.17, 15) is 9.59 Å². The number of amides is 2. The number of carbonyl (C=O) groups excluding carboxylic acids is 2. The summed E-state index contributed by atoms with van der Waals surface area (Å²) in [5.74, 6) is -0.516. The first-order valence-electron chi connectivity index (χ1n) is 6.59. The van der Waals surface area contributed by atoms with E-state index in [-0.39, 0.29) is 24.2 Å². The number of thiazole rings is 1. The van der Waals surface area contributed by atoms with Gasteiger partial charge < -0.3 is 21.4 Å². The Bertz CT molecular complexity index is 678. The normalized spacial score (nSPS) is 17.0. The van der Waals surface area contributed by atoms with E-state index in [4.69, 9.17) is 5.73 Å². The first kappa shape index (κ1) is 16.5. The Morgan fingerprint density at radius 2 is 2.27 bits per heavy atom. The maximum atomic E-state index is 12.0. The SMILES string of the molecule is Cl.NC(=O)c1cc(-c2csc(NC(=O)C3CCNC3)n2)c[nH]1. The average molecular weight is 342 g/mol. The second-order valence-electron chi connectivity index (χ2n) is 4.88. The van der Waals surface area contributed by atoms with Crippen LogP contribution in [-0.2, 0) is 4.79 Å². The van der Waals surface area contributed by atoms with Crippen LogP contribution in [0.25, 0.3) is 11.3 Å². The van der Waals surface area contributed by atoms with Crippen molar-refractivity contribution in [2.75, 3.05) is 18.4 Å². The number of hydrogen-bond acceptors (Lipinski definition) is 5. The Hall–Kier alpha value is -1.90. The first-order valence-corrected chi connectivity index (χ1v) is 7.47. The molecule has 5 N–H and O–H groups in total. The molecule has 3 heterocycles. The van der Waals surface area contributed by atoms with Crippen LogP contribution in [0.5, 0.6) is 0 Å². The van der Waals surface area contributed by atoms with Gasteiger partial charge in [0.25, 0.3) is 5.91 Å². The van der Waals surface area contributed by atoms with Crippen molar-refractivity contribution in [1.29, 1.82) is 0 Å². The lowest BCUT2D eigenvalue weighted by Crippen LogP contribution is -2.24. The largest absolute Gasteiger partial charge is 0.364 e. The van der Waals surface area contributed by atoms with E-state index in [1.807, 2.05) is 5.38 Å². The molecule has 0 spiro atoms. The van der Waals surface area contributed by atoms with Crippen LogP contribution >= 0.6 is 23.7 Å². The van der Waals surface area contributed by atoms with Gasteiger partial charge in [0.2, 0.25) is 5.91 Å². The highest BCUT2D eigenvalue weighted by Crippen LogP contribution is 2.26. The first-order chi connectivity index (χ1) is 10.1. The fourth-order valence-electron chi connectivity index (χ4n) is 2.23. The van der Waals surface area contributed by atoms with Gasteiger partial charge in [0.1, 0.15) is 5.69 Å². The van der Waals surface area contributed by atoms with Gasteiger partial charge in [-0.15, -0.1) is 23.7 Å². The zero-order valence-electron chi connectivity index (χ0n) is 11.6. The molecule has 7 nitrogen and oxygen atoms in total. The van der Waals surface area contributed by atoms with Gasteiger partial charge in [-0.05, 0) is 19.0 Å². The number of halogens is 1. The van der Waals surface area contributed by atoms with Gasteiger partial charge in [0.15, 0.2) is 5.13 Å². The van der Waals surface area contributed by atoms with Crippen molar-refractivity contribution in [2.45, 2.75) is 6.42 Å². The summed E-state index contributed by atoms with van der Waals surface area (Å²) < 4.78 is 0. The van der Waals surface area contributed by atoms with Crippen LogP contribution in [0.4, 0.5) is 5.13 Å². The number of carbonyl (C=O) groups is 2. The molecule has 118 valence electrons. The van der Waals surface area contributed by atoms with Gasteiger partial charge >= 0.3 is 0 Å². The average Bonchev–Trinajstić information content (AvgIpc) is 3.20. The standard InChI is InChI=1S/C13H15N5O2S.ClH/c14-11(19)9-3-8(5-16-9)10-6-21-13(17-10)18-12(20)7-1-2-15-4-7;/h3,5-7,15-16H,1-2,4H2,(H2,14,19)(H,17,18,20);1H. The quantitative estimate of drug-likeness (QED) is 0.669. The number of nitrogens with one attached hydrogen (secondary N) is 3. The predicted molar refractivity (Wildman–Crippen MR) is 87.3 cm³/mol. The van der Waals surface area contributed by atoms with E-state index in [1.54, 1.807) is 12.3 Å². The molecule has 0 aliphatic carbocycles. The molecule has 2 amide bonds. The Labute approximate surface area is 137 Å². The number of hydrogen-bond donors (Lipinski definition) is 4. The van der Waals surface area contributed by atoms with Gasteiger partial charge in [-0.25, -0.2) is 4.98 Å². The van der Waals surface area contributed by atoms with Gasteiger partial charge in [-0.2, -0.15) is 0 Å². The van der Waals surface area contributed by atoms with E-state index in [0.717, 1.165) is 18.5 Å². The van der Waals surface area contributed by atoms with Crippen LogP contribution in [0.2, 0.25) is 0 Å². The minimum atomic E-state index is -0.515. The second kappa shape index (κ2) is 6.91. The summed E-state index contributed by atoms with van der Waals surface area (Å²) in [6.07, 6.45) is 2.52. The third-order valence-electron chi connectivity index (χ3n) is 3.41. The molecule has 0 saturated carbocycles. The number of nitrogens with zero attached hydrogens (tertiary/aromatic N) is 1. The Morgan fingerprint density at radius 3 is 2.91 bits per heavy atom. The van der Waals surface area contributed by atoms with Gasteiger partial charge in [-0.1, -0.05) is 0 Å². The molecular weight excluding hydrogens is 326 g/mol. The van der Waals surface area contributed by atoms with Crippen LogP contribution in [0.15, 0.2) is 17.6 Å². The minimum absolute atomic E-state index is 0. The Kier molecular flexibility index (Phi) is 5.17. The smallest absolute Gasteiger partial charge is 0.265 e. The van der Waals surface area contributed by atoms with E-state index < -0.39 is 5.91 Å². The van der Waals surface area contributed by atoms with Crippen LogP contribution < -0.4 is 16.4 Å². The van der Waals surface area contributed by atoms with Crippen LogP contribution in [0.3, 0.4) is 0 Å². The van der Waals surface area contributed by atoms with Gasteiger partial charge in [-0.3, -0.25) is 9.59 Å². The van der Waals surface area contributed by atoms with Crippen molar-refractivity contribution in [3.05, 3.63) is 23.3 Å². The number of nitrogens with two attached hydrogens (primary N) is 1. The maximum Gasteiger partial charge on any atom is 0.265 e. The van der Waals surface area contributed by atoms with E-state index in [1.165, 1.54) is 11.3 Å². The summed E-state index contributed by atoms with van der Waals surface area (Å²) >= 11 is 1.36. The monoisotopic (exact) mass is 341 g/mol. The fourth-order valence-corrected chi connectivity index (χ4v) is 2.96. The topological polar surface area (TPSA) is 113 Å². The Morgan fingerprint density at radius 1 is 1.45 bits per heavy atom.